The number of nitrogens with one attached hydrogen (secondary N) is 2. The molecular formula is C27H27ClF3N7O2. The molecule has 2 aromatic carbocycles. The molecular weight excluding hydrogens is 547 g/mol. The summed E-state index contributed by atoms with van der Waals surface area (Å²) in [6.07, 6.45) is -1.33. The molecule has 210 valence electrons. The molecule has 3 heterocycles. The number of fused-ring (bicyclic) bond motifs is 1. The molecule has 1 saturated heterocycles. The molecule has 9 nitrogen and oxygen atoms in total. The van der Waals surface area contributed by atoms with Crippen LogP contribution in [0.1, 0.15) is 11.1 Å². The number of ether oxygens (including phenoxy) is 1. The summed E-state index contributed by atoms with van der Waals surface area (Å²) in [5, 5.41) is 5.26. The number of hydrogen-bond acceptors (Lipinski definition) is 6. The first-order chi connectivity index (χ1) is 19.0. The van der Waals surface area contributed by atoms with Crippen molar-refractivity contribution in [2.75, 3.05) is 43.9 Å². The van der Waals surface area contributed by atoms with Crippen LogP contribution >= 0.6 is 11.6 Å². The molecule has 0 bridgehead atoms. The van der Waals surface area contributed by atoms with Crippen LogP contribution in [0.2, 0.25) is 5.02 Å². The molecule has 2 N–H and O–H groups in total. The molecule has 5 rings (SSSR count). The number of aryl methyl sites for hydroxylation is 1. The number of benzene rings is 2. The highest BCUT2D eigenvalue weighted by molar-refractivity contribution is 6.34. The van der Waals surface area contributed by atoms with Gasteiger partial charge >= 0.3 is 12.2 Å². The van der Waals surface area contributed by atoms with E-state index in [1.807, 2.05) is 30.9 Å². The zero-order chi connectivity index (χ0) is 28.4. The molecule has 4 aromatic rings. The van der Waals surface area contributed by atoms with E-state index in [4.69, 9.17) is 16.3 Å². The molecule has 40 heavy (non-hydrogen) atoms. The number of anilines is 2. The van der Waals surface area contributed by atoms with Crippen molar-refractivity contribution >= 4 is 40.0 Å². The second-order valence-electron chi connectivity index (χ2n) is 9.66. The van der Waals surface area contributed by atoms with Crippen LogP contribution in [0.4, 0.5) is 29.3 Å². The predicted molar refractivity (Wildman–Crippen MR) is 147 cm³/mol. The van der Waals surface area contributed by atoms with Crippen LogP contribution in [0.15, 0.2) is 55.0 Å². The number of aromatic nitrogens is 3. The molecule has 0 radical (unpaired) electrons. The van der Waals surface area contributed by atoms with E-state index >= 15 is 0 Å². The summed E-state index contributed by atoms with van der Waals surface area (Å²) in [5.41, 5.74) is 1.34. The molecule has 1 fully saturated rings. The van der Waals surface area contributed by atoms with E-state index in [9.17, 15) is 18.0 Å². The molecule has 1 aliphatic heterocycles. The normalized spacial score (nSPS) is 14.8. The van der Waals surface area contributed by atoms with E-state index in [-0.39, 0.29) is 16.4 Å². The fourth-order valence-corrected chi connectivity index (χ4v) is 4.72. The predicted octanol–water partition coefficient (Wildman–Crippen LogP) is 5.82. The quantitative estimate of drug-likeness (QED) is 0.302. The molecule has 0 spiro atoms. The lowest BCUT2D eigenvalue weighted by molar-refractivity contribution is -0.137. The SMILES string of the molecule is CN1CCN(Cc2cc(NC(=O)Nc3ccc(Oc4ncnc5ccn(C)c45)cc3Cl)cc(C(F)(F)F)c2)CC1. The van der Waals surface area contributed by atoms with Crippen molar-refractivity contribution in [3.05, 3.63) is 71.1 Å². The number of likely N-dealkylation sites (N-methyl/N-ethyl adjacent to an activating group) is 1. The zero-order valence-electron chi connectivity index (χ0n) is 21.8. The smallest absolute Gasteiger partial charge is 0.416 e. The van der Waals surface area contributed by atoms with E-state index in [0.717, 1.165) is 43.8 Å². The van der Waals surface area contributed by atoms with Crippen LogP contribution in [0, 0.1) is 0 Å². The van der Waals surface area contributed by atoms with Crippen LogP contribution in [0.25, 0.3) is 11.0 Å². The lowest BCUT2D eigenvalue weighted by Crippen LogP contribution is -2.43. The van der Waals surface area contributed by atoms with Gasteiger partial charge in [-0.15, -0.1) is 0 Å². The summed E-state index contributed by atoms with van der Waals surface area (Å²) in [6, 6.07) is 9.33. The van der Waals surface area contributed by atoms with Gasteiger partial charge in [0.1, 0.15) is 17.6 Å². The highest BCUT2D eigenvalue weighted by Crippen LogP contribution is 2.34. The van der Waals surface area contributed by atoms with Crippen molar-refractivity contribution in [2.24, 2.45) is 7.05 Å². The second kappa shape index (κ2) is 11.3. The van der Waals surface area contributed by atoms with E-state index < -0.39 is 17.8 Å². The number of urea groups is 1. The summed E-state index contributed by atoms with van der Waals surface area (Å²) in [5.74, 6) is 0.715. The Morgan fingerprint density at radius 1 is 1.02 bits per heavy atom. The summed E-state index contributed by atoms with van der Waals surface area (Å²) in [6.45, 7) is 3.53. The minimum Gasteiger partial charge on any atom is -0.437 e. The van der Waals surface area contributed by atoms with Gasteiger partial charge in [0.2, 0.25) is 5.88 Å². The Morgan fingerprint density at radius 2 is 1.80 bits per heavy atom. The fourth-order valence-electron chi connectivity index (χ4n) is 4.50. The van der Waals surface area contributed by atoms with Gasteiger partial charge in [-0.05, 0) is 49.0 Å². The van der Waals surface area contributed by atoms with Crippen LogP contribution in [-0.4, -0.2) is 63.6 Å². The summed E-state index contributed by atoms with van der Waals surface area (Å²) < 4.78 is 48.6. The Morgan fingerprint density at radius 3 is 2.52 bits per heavy atom. The van der Waals surface area contributed by atoms with Gasteiger partial charge in [0.05, 0.1) is 21.8 Å². The number of carbonyl (C=O) groups is 1. The first-order valence-corrected chi connectivity index (χ1v) is 12.9. The van der Waals surface area contributed by atoms with Gasteiger partial charge in [-0.25, -0.2) is 9.78 Å². The average Bonchev–Trinajstić information content (AvgIpc) is 3.28. The molecule has 0 atom stereocenters. The fraction of sp³-hybridized carbons (Fsp3) is 0.296. The number of rotatable bonds is 6. The molecule has 1 aliphatic rings. The molecule has 0 unspecified atom stereocenters. The Kier molecular flexibility index (Phi) is 7.83. The van der Waals surface area contributed by atoms with Crippen LogP contribution < -0.4 is 15.4 Å². The maximum Gasteiger partial charge on any atom is 0.416 e. The number of nitrogens with zero attached hydrogens (tertiary/aromatic N) is 5. The van der Waals surface area contributed by atoms with Gasteiger partial charge in [0, 0.05) is 57.7 Å². The third kappa shape index (κ3) is 6.46. The third-order valence-electron chi connectivity index (χ3n) is 6.61. The lowest BCUT2D eigenvalue weighted by Gasteiger charge is -2.32. The number of carbonyl (C=O) groups excluding carboxylic acids is 1. The Labute approximate surface area is 233 Å². The standard InChI is InChI=1S/C27H27ClF3N7O2/c1-36-7-9-38(10-8-36)15-17-11-18(27(29,30)31)13-19(12-17)34-26(39)35-22-4-3-20(14-21(22)28)40-25-24-23(32-16-33-25)5-6-37(24)2/h3-6,11-14,16H,7-10,15H2,1-2H3,(H2,34,35,39). The Hall–Kier alpha value is -3.87. The van der Waals surface area contributed by atoms with Gasteiger partial charge < -0.3 is 24.8 Å². The summed E-state index contributed by atoms with van der Waals surface area (Å²) in [7, 11) is 3.85. The topological polar surface area (TPSA) is 87.6 Å². The minimum absolute atomic E-state index is 0.0304. The van der Waals surface area contributed by atoms with Crippen molar-refractivity contribution in [3.63, 3.8) is 0 Å². The highest BCUT2D eigenvalue weighted by Gasteiger charge is 2.31. The number of amides is 2. The van der Waals surface area contributed by atoms with Gasteiger partial charge in [-0.2, -0.15) is 18.2 Å². The van der Waals surface area contributed by atoms with E-state index in [2.05, 4.69) is 30.4 Å². The van der Waals surface area contributed by atoms with Gasteiger partial charge in [-0.3, -0.25) is 4.90 Å². The number of halogens is 4. The van der Waals surface area contributed by atoms with Crippen molar-refractivity contribution in [3.8, 4) is 11.6 Å². The van der Waals surface area contributed by atoms with Gasteiger partial charge in [0.15, 0.2) is 0 Å². The van der Waals surface area contributed by atoms with E-state index in [0.29, 0.717) is 29.3 Å². The number of piperazine rings is 1. The average molecular weight is 574 g/mol. The Balaban J connectivity index is 1.28. The van der Waals surface area contributed by atoms with E-state index in [1.54, 1.807) is 12.1 Å². The zero-order valence-corrected chi connectivity index (χ0v) is 22.6. The van der Waals surface area contributed by atoms with Crippen LogP contribution in [0.3, 0.4) is 0 Å². The monoisotopic (exact) mass is 573 g/mol. The third-order valence-corrected chi connectivity index (χ3v) is 6.92. The molecule has 13 heteroatoms. The largest absolute Gasteiger partial charge is 0.437 e. The van der Waals surface area contributed by atoms with Crippen LogP contribution in [0.5, 0.6) is 11.6 Å². The van der Waals surface area contributed by atoms with Crippen molar-refractivity contribution in [1.29, 1.82) is 0 Å². The maximum atomic E-state index is 13.6. The molecule has 0 aliphatic carbocycles. The van der Waals surface area contributed by atoms with Crippen molar-refractivity contribution in [1.82, 2.24) is 24.3 Å². The number of alkyl halides is 3. The second-order valence-corrected chi connectivity index (χ2v) is 10.1. The molecule has 2 amide bonds. The van der Waals surface area contributed by atoms with Crippen LogP contribution in [-0.2, 0) is 19.8 Å². The highest BCUT2D eigenvalue weighted by atomic mass is 35.5. The van der Waals surface area contributed by atoms with Crippen molar-refractivity contribution < 1.29 is 22.7 Å². The minimum atomic E-state index is -4.56. The summed E-state index contributed by atoms with van der Waals surface area (Å²) >= 11 is 6.38. The molecule has 0 saturated carbocycles. The Bertz CT molecular complexity index is 1530. The maximum absolute atomic E-state index is 13.6. The summed E-state index contributed by atoms with van der Waals surface area (Å²) in [4.78, 5) is 25.4. The van der Waals surface area contributed by atoms with Gasteiger partial charge in [-0.1, -0.05) is 11.6 Å². The first-order valence-electron chi connectivity index (χ1n) is 12.5. The molecule has 2 aromatic heterocycles. The van der Waals surface area contributed by atoms with Crippen molar-refractivity contribution in [2.45, 2.75) is 12.7 Å². The number of hydrogen-bond donors (Lipinski definition) is 2. The van der Waals surface area contributed by atoms with E-state index in [1.165, 1.54) is 18.5 Å². The van der Waals surface area contributed by atoms with Gasteiger partial charge in [0.25, 0.3) is 0 Å². The first kappa shape index (κ1) is 27.7. The lowest BCUT2D eigenvalue weighted by atomic mass is 10.1.